The highest BCUT2D eigenvalue weighted by Crippen LogP contribution is 2.18. The van der Waals surface area contributed by atoms with Gasteiger partial charge in [0, 0.05) is 12.6 Å². The Morgan fingerprint density at radius 1 is 1.17 bits per heavy atom. The van der Waals surface area contributed by atoms with E-state index in [1.54, 1.807) is 18.2 Å². The Labute approximate surface area is 141 Å². The Balaban J connectivity index is 2.04. The van der Waals surface area contributed by atoms with Crippen LogP contribution in [-0.2, 0) is 10.0 Å². The normalized spacial score (nSPS) is 18.3. The molecule has 0 amide bonds. The lowest BCUT2D eigenvalue weighted by molar-refractivity contribution is 0.146. The summed E-state index contributed by atoms with van der Waals surface area (Å²) in [5.74, 6) is 0.561. The van der Waals surface area contributed by atoms with Crippen molar-refractivity contribution in [2.24, 2.45) is 5.92 Å². The van der Waals surface area contributed by atoms with Gasteiger partial charge in [0.1, 0.15) is 0 Å². The van der Waals surface area contributed by atoms with Crippen LogP contribution >= 0.6 is 0 Å². The number of aryl methyl sites for hydroxylation is 1. The van der Waals surface area contributed by atoms with E-state index in [9.17, 15) is 8.42 Å². The first-order valence-corrected chi connectivity index (χ1v) is 10.2. The van der Waals surface area contributed by atoms with E-state index < -0.39 is 10.0 Å². The summed E-state index contributed by atoms with van der Waals surface area (Å²) in [7, 11) is -3.43. The first-order valence-electron chi connectivity index (χ1n) is 8.69. The molecular formula is C18H30N2O2S. The van der Waals surface area contributed by atoms with Gasteiger partial charge in [-0.15, -0.1) is 0 Å². The van der Waals surface area contributed by atoms with E-state index in [2.05, 4.69) is 23.5 Å². The molecule has 1 fully saturated rings. The summed E-state index contributed by atoms with van der Waals surface area (Å²) in [6.45, 7) is 8.98. The maximum Gasteiger partial charge on any atom is 0.240 e. The SMILES string of the molecule is Cc1cccc(S(=O)(=O)NCC(CC(C)C)N2CCCCC2)c1. The summed E-state index contributed by atoms with van der Waals surface area (Å²) in [5, 5.41) is 0. The Morgan fingerprint density at radius 2 is 1.87 bits per heavy atom. The van der Waals surface area contributed by atoms with Crippen LogP contribution in [0.5, 0.6) is 0 Å². The van der Waals surface area contributed by atoms with Gasteiger partial charge in [0.25, 0.3) is 0 Å². The van der Waals surface area contributed by atoms with Crippen molar-refractivity contribution in [3.8, 4) is 0 Å². The highest BCUT2D eigenvalue weighted by atomic mass is 32.2. The fraction of sp³-hybridized carbons (Fsp3) is 0.667. The maximum absolute atomic E-state index is 12.5. The van der Waals surface area contributed by atoms with Crippen LogP contribution in [-0.4, -0.2) is 39.0 Å². The third kappa shape index (κ3) is 5.59. The summed E-state index contributed by atoms with van der Waals surface area (Å²) < 4.78 is 27.9. The van der Waals surface area contributed by atoms with Gasteiger partial charge in [-0.25, -0.2) is 13.1 Å². The van der Waals surface area contributed by atoms with Crippen LogP contribution in [0.25, 0.3) is 0 Å². The minimum atomic E-state index is -3.43. The number of benzene rings is 1. The van der Waals surface area contributed by atoms with Gasteiger partial charge in [-0.05, 0) is 62.9 Å². The summed E-state index contributed by atoms with van der Waals surface area (Å²) >= 11 is 0. The molecule has 1 aromatic carbocycles. The van der Waals surface area contributed by atoms with E-state index in [1.165, 1.54) is 19.3 Å². The molecule has 1 saturated heterocycles. The third-order valence-electron chi connectivity index (χ3n) is 4.46. The molecule has 1 unspecified atom stereocenters. The highest BCUT2D eigenvalue weighted by molar-refractivity contribution is 7.89. The van der Waals surface area contributed by atoms with Crippen LogP contribution in [0.1, 0.15) is 45.1 Å². The summed E-state index contributed by atoms with van der Waals surface area (Å²) in [5.41, 5.74) is 0.961. The number of sulfonamides is 1. The second kappa shape index (κ2) is 8.27. The maximum atomic E-state index is 12.5. The molecule has 130 valence electrons. The molecule has 0 saturated carbocycles. The number of nitrogens with zero attached hydrogens (tertiary/aromatic N) is 1. The van der Waals surface area contributed by atoms with Crippen molar-refractivity contribution in [2.75, 3.05) is 19.6 Å². The zero-order chi connectivity index (χ0) is 16.9. The molecule has 5 heteroatoms. The number of likely N-dealkylation sites (tertiary alicyclic amines) is 1. The molecule has 23 heavy (non-hydrogen) atoms. The van der Waals surface area contributed by atoms with Crippen molar-refractivity contribution in [1.82, 2.24) is 9.62 Å². The fourth-order valence-corrected chi connectivity index (χ4v) is 4.44. The number of hydrogen-bond acceptors (Lipinski definition) is 3. The van der Waals surface area contributed by atoms with E-state index in [1.807, 2.05) is 13.0 Å². The molecule has 1 N–H and O–H groups in total. The molecule has 0 spiro atoms. The van der Waals surface area contributed by atoms with Crippen LogP contribution in [0.15, 0.2) is 29.2 Å². The minimum absolute atomic E-state index is 0.287. The molecule has 1 atom stereocenters. The smallest absolute Gasteiger partial charge is 0.240 e. The average Bonchev–Trinajstić information content (AvgIpc) is 2.52. The molecule has 0 aliphatic carbocycles. The predicted molar refractivity (Wildman–Crippen MR) is 95.0 cm³/mol. The summed E-state index contributed by atoms with van der Waals surface area (Å²) in [4.78, 5) is 2.82. The largest absolute Gasteiger partial charge is 0.299 e. The zero-order valence-electron chi connectivity index (χ0n) is 14.6. The molecule has 1 aliphatic rings. The lowest BCUT2D eigenvalue weighted by Crippen LogP contribution is -2.46. The first kappa shape index (κ1) is 18.4. The highest BCUT2D eigenvalue weighted by Gasteiger charge is 2.24. The van der Waals surface area contributed by atoms with Gasteiger partial charge in [0.2, 0.25) is 10.0 Å². The van der Waals surface area contributed by atoms with Gasteiger partial charge in [0.15, 0.2) is 0 Å². The topological polar surface area (TPSA) is 49.4 Å². The second-order valence-corrected chi connectivity index (χ2v) is 8.82. The van der Waals surface area contributed by atoms with Crippen molar-refractivity contribution in [3.05, 3.63) is 29.8 Å². The first-order chi connectivity index (χ1) is 10.9. The molecule has 0 radical (unpaired) electrons. The number of rotatable bonds is 7. The van der Waals surface area contributed by atoms with E-state index in [0.717, 1.165) is 25.1 Å². The summed E-state index contributed by atoms with van der Waals surface area (Å²) in [6, 6.07) is 7.37. The molecule has 2 rings (SSSR count). The molecule has 1 heterocycles. The van der Waals surface area contributed by atoms with Crippen LogP contribution in [0, 0.1) is 12.8 Å². The Hall–Kier alpha value is -0.910. The Morgan fingerprint density at radius 3 is 2.48 bits per heavy atom. The van der Waals surface area contributed by atoms with Crippen molar-refractivity contribution in [2.45, 2.75) is 57.4 Å². The van der Waals surface area contributed by atoms with Gasteiger partial charge in [-0.1, -0.05) is 32.4 Å². The van der Waals surface area contributed by atoms with Crippen LogP contribution in [0.3, 0.4) is 0 Å². The monoisotopic (exact) mass is 338 g/mol. The van der Waals surface area contributed by atoms with Gasteiger partial charge < -0.3 is 0 Å². The van der Waals surface area contributed by atoms with Crippen molar-refractivity contribution in [1.29, 1.82) is 0 Å². The lowest BCUT2D eigenvalue weighted by Gasteiger charge is -2.35. The van der Waals surface area contributed by atoms with Crippen LogP contribution < -0.4 is 4.72 Å². The van der Waals surface area contributed by atoms with Gasteiger partial charge in [0.05, 0.1) is 4.90 Å². The van der Waals surface area contributed by atoms with Gasteiger partial charge in [-0.2, -0.15) is 0 Å². The molecule has 1 aromatic rings. The molecule has 1 aliphatic heterocycles. The number of hydrogen-bond donors (Lipinski definition) is 1. The molecule has 0 aromatic heterocycles. The average molecular weight is 339 g/mol. The standard InChI is InChI=1S/C18H30N2O2S/c1-15(2)12-17(20-10-5-4-6-11-20)14-19-23(21,22)18-9-7-8-16(3)13-18/h7-9,13,15,17,19H,4-6,10-12,14H2,1-3H3. The zero-order valence-corrected chi connectivity index (χ0v) is 15.4. The minimum Gasteiger partial charge on any atom is -0.299 e. The quantitative estimate of drug-likeness (QED) is 0.831. The fourth-order valence-electron chi connectivity index (χ4n) is 3.26. The van der Waals surface area contributed by atoms with Crippen LogP contribution in [0.2, 0.25) is 0 Å². The lowest BCUT2D eigenvalue weighted by atomic mass is 10.00. The molecule has 4 nitrogen and oxygen atoms in total. The van der Waals surface area contributed by atoms with E-state index in [0.29, 0.717) is 17.4 Å². The molecular weight excluding hydrogens is 308 g/mol. The summed E-state index contributed by atoms with van der Waals surface area (Å²) in [6.07, 6.45) is 4.76. The third-order valence-corrected chi connectivity index (χ3v) is 5.88. The number of piperidine rings is 1. The predicted octanol–water partition coefficient (Wildman–Crippen LogP) is 3.17. The van der Waals surface area contributed by atoms with E-state index in [-0.39, 0.29) is 6.04 Å². The number of nitrogens with one attached hydrogen (secondary N) is 1. The van der Waals surface area contributed by atoms with Crippen LogP contribution in [0.4, 0.5) is 0 Å². The second-order valence-electron chi connectivity index (χ2n) is 7.05. The van der Waals surface area contributed by atoms with Gasteiger partial charge >= 0.3 is 0 Å². The Bertz CT molecular complexity index is 593. The van der Waals surface area contributed by atoms with E-state index >= 15 is 0 Å². The van der Waals surface area contributed by atoms with Crippen molar-refractivity contribution in [3.63, 3.8) is 0 Å². The Kier molecular flexibility index (Phi) is 6.62. The van der Waals surface area contributed by atoms with Crippen molar-refractivity contribution >= 4 is 10.0 Å². The van der Waals surface area contributed by atoms with Gasteiger partial charge in [-0.3, -0.25) is 4.90 Å². The van der Waals surface area contributed by atoms with Crippen molar-refractivity contribution < 1.29 is 8.42 Å². The molecule has 0 bridgehead atoms. The van der Waals surface area contributed by atoms with E-state index in [4.69, 9.17) is 0 Å².